The molecule has 212 valence electrons. The van der Waals surface area contributed by atoms with Crippen LogP contribution in [-0.4, -0.2) is 58.9 Å². The van der Waals surface area contributed by atoms with Gasteiger partial charge in [-0.1, -0.05) is 24.3 Å². The number of carbonyl (C=O) groups excluding carboxylic acids is 2. The average molecular weight is 772 g/mol. The molecule has 12 heteroatoms. The lowest BCUT2D eigenvalue weighted by Gasteiger charge is -2.08. The quantitative estimate of drug-likeness (QED) is 0.155. The van der Waals surface area contributed by atoms with Crippen molar-refractivity contribution in [1.82, 2.24) is 19.6 Å². The predicted molar refractivity (Wildman–Crippen MR) is 166 cm³/mol. The normalized spacial score (nSPS) is 10.3. The fraction of sp³-hybridized carbons (Fsp3) is 0.286. The van der Waals surface area contributed by atoms with Crippen molar-refractivity contribution >= 4 is 57.1 Å². The fourth-order valence-electron chi connectivity index (χ4n) is 3.52. The third-order valence-electron chi connectivity index (χ3n) is 5.44. The molecule has 4 rings (SSSR count). The highest BCUT2D eigenvalue weighted by Gasteiger charge is 2.18. The number of hydrogen-bond donors (Lipinski definition) is 0. The fourth-order valence-corrected chi connectivity index (χ4v) is 4.80. The summed E-state index contributed by atoms with van der Waals surface area (Å²) in [5.41, 5.74) is 2.97. The van der Waals surface area contributed by atoms with Crippen LogP contribution in [0.25, 0.3) is 0 Å². The second-order valence-corrected chi connectivity index (χ2v) is 10.5. The topological polar surface area (TPSA) is 107 Å². The monoisotopic (exact) mass is 772 g/mol. The third kappa shape index (κ3) is 8.68. The Balaban J connectivity index is 0.000000220. The van der Waals surface area contributed by atoms with Gasteiger partial charge in [0.2, 0.25) is 0 Å². The molecule has 0 bridgehead atoms. The lowest BCUT2D eigenvalue weighted by molar-refractivity contribution is 0.0504. The van der Waals surface area contributed by atoms with Crippen molar-refractivity contribution in [3.8, 4) is 11.5 Å². The van der Waals surface area contributed by atoms with Gasteiger partial charge in [0, 0.05) is 6.20 Å². The zero-order valence-electron chi connectivity index (χ0n) is 22.6. The van der Waals surface area contributed by atoms with Crippen LogP contribution in [0.4, 0.5) is 0 Å². The molecular formula is C28H30I2N4O6. The smallest absolute Gasteiger partial charge is 0.359 e. The molecule has 0 fully saturated rings. The number of ether oxygens (including phenoxy) is 4. The first kappa shape index (κ1) is 31.4. The molecule has 2 heterocycles. The first-order valence-corrected chi connectivity index (χ1v) is 14.5. The maximum absolute atomic E-state index is 11.9. The summed E-state index contributed by atoms with van der Waals surface area (Å²) in [6.45, 7) is 5.37. The Kier molecular flexibility index (Phi) is 12.2. The first-order chi connectivity index (χ1) is 19.3. The number of methoxy groups -OCH3 is 2. The minimum atomic E-state index is -0.384. The van der Waals surface area contributed by atoms with Gasteiger partial charge in [0.05, 0.1) is 53.9 Å². The Morgan fingerprint density at radius 3 is 1.82 bits per heavy atom. The standard InChI is InChI=1S/2C14H15IN2O3/c1-3-20-14(18)13-12(15)8-16-17(13)9-10-4-6-11(19-2)7-5-10;1-3-20-14(18)13-12(15)9-17(16-13)8-10-4-6-11(19-2)7-5-10/h4-8H,3,9H2,1-2H3;4-7,9H,3,8H2,1-2H3. The minimum Gasteiger partial charge on any atom is -0.497 e. The van der Waals surface area contributed by atoms with Gasteiger partial charge in [0.1, 0.15) is 11.5 Å². The van der Waals surface area contributed by atoms with Crippen molar-refractivity contribution in [1.29, 1.82) is 0 Å². The van der Waals surface area contributed by atoms with E-state index in [2.05, 4.69) is 55.4 Å². The molecule has 0 aliphatic carbocycles. The maximum atomic E-state index is 11.9. The molecule has 4 aromatic rings. The van der Waals surface area contributed by atoms with E-state index in [1.807, 2.05) is 54.7 Å². The highest BCUT2D eigenvalue weighted by atomic mass is 127. The van der Waals surface area contributed by atoms with E-state index in [4.69, 9.17) is 18.9 Å². The highest BCUT2D eigenvalue weighted by Crippen LogP contribution is 2.18. The third-order valence-corrected chi connectivity index (χ3v) is 7.02. The Morgan fingerprint density at radius 2 is 1.30 bits per heavy atom. The van der Waals surface area contributed by atoms with Crippen molar-refractivity contribution < 1.29 is 28.5 Å². The van der Waals surface area contributed by atoms with Gasteiger partial charge in [0.25, 0.3) is 0 Å². The summed E-state index contributed by atoms with van der Waals surface area (Å²) in [6, 6.07) is 15.4. The van der Waals surface area contributed by atoms with Gasteiger partial charge in [-0.15, -0.1) is 0 Å². The van der Waals surface area contributed by atoms with E-state index >= 15 is 0 Å². The van der Waals surface area contributed by atoms with Crippen molar-refractivity contribution in [2.24, 2.45) is 0 Å². The number of rotatable bonds is 10. The summed E-state index contributed by atoms with van der Waals surface area (Å²) >= 11 is 4.17. The molecule has 2 aromatic carbocycles. The van der Waals surface area contributed by atoms with Crippen LogP contribution < -0.4 is 9.47 Å². The summed E-state index contributed by atoms with van der Waals surface area (Å²) in [6.07, 6.45) is 3.49. The molecule has 0 aliphatic rings. The van der Waals surface area contributed by atoms with Crippen LogP contribution in [0.5, 0.6) is 11.5 Å². The van der Waals surface area contributed by atoms with Crippen molar-refractivity contribution in [2.45, 2.75) is 26.9 Å². The molecule has 0 N–H and O–H groups in total. The van der Waals surface area contributed by atoms with E-state index in [9.17, 15) is 9.59 Å². The van der Waals surface area contributed by atoms with Gasteiger partial charge >= 0.3 is 11.9 Å². The maximum Gasteiger partial charge on any atom is 0.359 e. The Labute approximate surface area is 260 Å². The van der Waals surface area contributed by atoms with E-state index in [1.165, 1.54) is 0 Å². The summed E-state index contributed by atoms with van der Waals surface area (Å²) < 4.78 is 25.2. The largest absolute Gasteiger partial charge is 0.497 e. The molecule has 0 radical (unpaired) electrons. The van der Waals surface area contributed by atoms with E-state index in [1.54, 1.807) is 43.6 Å². The molecule has 10 nitrogen and oxygen atoms in total. The molecule has 0 saturated heterocycles. The second kappa shape index (κ2) is 15.6. The number of carbonyl (C=O) groups is 2. The number of esters is 2. The SMILES string of the molecule is CCOC(=O)c1c(I)cnn1Cc1ccc(OC)cc1.CCOC(=O)c1nn(Cc2ccc(OC)cc2)cc1I. The van der Waals surface area contributed by atoms with Gasteiger partial charge < -0.3 is 18.9 Å². The lowest BCUT2D eigenvalue weighted by Crippen LogP contribution is -2.15. The molecule has 0 unspecified atom stereocenters. The number of nitrogens with zero attached hydrogens (tertiary/aromatic N) is 4. The number of aromatic nitrogens is 4. The van der Waals surface area contributed by atoms with E-state index in [0.717, 1.165) is 29.8 Å². The number of benzene rings is 2. The van der Waals surface area contributed by atoms with E-state index in [-0.39, 0.29) is 11.9 Å². The van der Waals surface area contributed by atoms with Crippen LogP contribution in [0.2, 0.25) is 0 Å². The Hall–Kier alpha value is -3.14. The van der Waals surface area contributed by atoms with Crippen LogP contribution in [0.15, 0.2) is 60.9 Å². The number of halogens is 2. The molecule has 0 spiro atoms. The van der Waals surface area contributed by atoms with E-state index in [0.29, 0.717) is 37.7 Å². The Bertz CT molecular complexity index is 1400. The zero-order chi connectivity index (χ0) is 29.1. The van der Waals surface area contributed by atoms with Crippen molar-refractivity contribution in [3.05, 3.63) is 90.6 Å². The van der Waals surface area contributed by atoms with Crippen LogP contribution in [0.3, 0.4) is 0 Å². The minimum absolute atomic E-state index is 0.345. The van der Waals surface area contributed by atoms with Gasteiger partial charge in [-0.3, -0.25) is 9.36 Å². The summed E-state index contributed by atoms with van der Waals surface area (Å²) in [5.74, 6) is 0.888. The van der Waals surface area contributed by atoms with Crippen molar-refractivity contribution in [3.63, 3.8) is 0 Å². The van der Waals surface area contributed by atoms with Crippen LogP contribution in [-0.2, 0) is 22.6 Å². The number of hydrogen-bond acceptors (Lipinski definition) is 8. The average Bonchev–Trinajstić information content (AvgIpc) is 3.51. The van der Waals surface area contributed by atoms with Crippen LogP contribution in [0, 0.1) is 7.14 Å². The molecule has 40 heavy (non-hydrogen) atoms. The van der Waals surface area contributed by atoms with Crippen LogP contribution in [0.1, 0.15) is 46.0 Å². The molecular weight excluding hydrogens is 742 g/mol. The molecule has 0 atom stereocenters. The van der Waals surface area contributed by atoms with Crippen LogP contribution >= 0.6 is 45.2 Å². The zero-order valence-corrected chi connectivity index (χ0v) is 26.9. The highest BCUT2D eigenvalue weighted by molar-refractivity contribution is 14.1. The predicted octanol–water partition coefficient (Wildman–Crippen LogP) is 5.44. The lowest BCUT2D eigenvalue weighted by atomic mass is 10.2. The molecule has 0 amide bonds. The van der Waals surface area contributed by atoms with Crippen molar-refractivity contribution in [2.75, 3.05) is 27.4 Å². The molecule has 0 aliphatic heterocycles. The van der Waals surface area contributed by atoms with E-state index < -0.39 is 0 Å². The summed E-state index contributed by atoms with van der Waals surface area (Å²) in [5, 5.41) is 8.50. The van der Waals surface area contributed by atoms with Gasteiger partial charge in [-0.25, -0.2) is 9.59 Å². The Morgan fingerprint density at radius 1 is 0.775 bits per heavy atom. The van der Waals surface area contributed by atoms with Gasteiger partial charge in [-0.2, -0.15) is 10.2 Å². The summed E-state index contributed by atoms with van der Waals surface area (Å²) in [4.78, 5) is 23.6. The first-order valence-electron chi connectivity index (χ1n) is 12.3. The molecule has 0 saturated carbocycles. The second-order valence-electron chi connectivity index (χ2n) is 8.16. The van der Waals surface area contributed by atoms with Gasteiger partial charge in [-0.05, 0) is 94.4 Å². The summed E-state index contributed by atoms with van der Waals surface area (Å²) in [7, 11) is 3.26. The molecule has 2 aromatic heterocycles. The van der Waals surface area contributed by atoms with Gasteiger partial charge in [0.15, 0.2) is 11.4 Å².